The van der Waals surface area contributed by atoms with Crippen molar-refractivity contribution >= 4 is 22.5 Å². The number of fused-ring (bicyclic) bond motifs is 1. The number of nitrogens with zero attached hydrogens (tertiary/aromatic N) is 4. The molecule has 1 N–H and O–H groups in total. The van der Waals surface area contributed by atoms with Crippen molar-refractivity contribution in [3.8, 4) is 11.3 Å². The molecule has 0 aliphatic carbocycles. The zero-order valence-corrected chi connectivity index (χ0v) is 18.0. The first-order chi connectivity index (χ1) is 15.6. The molecule has 2 aromatic heterocycles. The van der Waals surface area contributed by atoms with Crippen molar-refractivity contribution in [2.75, 3.05) is 31.1 Å². The standard InChI is InChI=1S/C25H25N5O2/c1-28-17-19(20-9-5-6-10-21(20)28)15-24(32)30-13-11-29(12-14-30)22-16-23(31)26-27-25(22)18-7-3-2-4-8-18/h2-10,16-17H,11-15H2,1H3,(H,26,31). The summed E-state index contributed by atoms with van der Waals surface area (Å²) in [7, 11) is 2.01. The monoisotopic (exact) mass is 427 g/mol. The molecule has 5 rings (SSSR count). The maximum Gasteiger partial charge on any atom is 0.266 e. The van der Waals surface area contributed by atoms with Gasteiger partial charge < -0.3 is 14.4 Å². The maximum atomic E-state index is 13.0. The van der Waals surface area contributed by atoms with Gasteiger partial charge in [0.2, 0.25) is 5.91 Å². The zero-order valence-electron chi connectivity index (χ0n) is 18.0. The van der Waals surface area contributed by atoms with Gasteiger partial charge in [-0.3, -0.25) is 9.59 Å². The molecule has 2 aromatic carbocycles. The van der Waals surface area contributed by atoms with E-state index in [2.05, 4.69) is 31.8 Å². The summed E-state index contributed by atoms with van der Waals surface area (Å²) in [5.41, 5.74) is 4.47. The van der Waals surface area contributed by atoms with Gasteiger partial charge in [-0.1, -0.05) is 48.5 Å². The van der Waals surface area contributed by atoms with Crippen LogP contribution in [-0.2, 0) is 18.3 Å². The molecule has 0 radical (unpaired) electrons. The van der Waals surface area contributed by atoms with Crippen LogP contribution in [-0.4, -0.2) is 51.8 Å². The Labute approximate surface area is 185 Å². The minimum Gasteiger partial charge on any atom is -0.366 e. The van der Waals surface area contributed by atoms with Gasteiger partial charge in [-0.25, -0.2) is 5.10 Å². The highest BCUT2D eigenvalue weighted by Crippen LogP contribution is 2.28. The second-order valence-electron chi connectivity index (χ2n) is 8.16. The normalized spacial score (nSPS) is 14.2. The van der Waals surface area contributed by atoms with Crippen LogP contribution in [0.25, 0.3) is 22.2 Å². The highest BCUT2D eigenvalue weighted by atomic mass is 16.2. The number of carbonyl (C=O) groups excluding carboxylic acids is 1. The van der Waals surface area contributed by atoms with E-state index >= 15 is 0 Å². The number of amides is 1. The molecule has 0 bridgehead atoms. The Bertz CT molecular complexity index is 1320. The number of nitrogens with one attached hydrogen (secondary N) is 1. The average molecular weight is 428 g/mol. The first kappa shape index (κ1) is 20.1. The summed E-state index contributed by atoms with van der Waals surface area (Å²) in [6, 6.07) is 19.6. The summed E-state index contributed by atoms with van der Waals surface area (Å²) in [6.07, 6.45) is 2.44. The van der Waals surface area contributed by atoms with E-state index in [1.54, 1.807) is 6.07 Å². The third-order valence-corrected chi connectivity index (χ3v) is 6.13. The lowest BCUT2D eigenvalue weighted by molar-refractivity contribution is -0.130. The van der Waals surface area contributed by atoms with Crippen LogP contribution in [0.3, 0.4) is 0 Å². The quantitative estimate of drug-likeness (QED) is 0.544. The van der Waals surface area contributed by atoms with Gasteiger partial charge in [0, 0.05) is 62.0 Å². The Morgan fingerprint density at radius 1 is 1.00 bits per heavy atom. The van der Waals surface area contributed by atoms with Crippen molar-refractivity contribution in [3.63, 3.8) is 0 Å². The molecule has 0 unspecified atom stereocenters. The average Bonchev–Trinajstić information content (AvgIpc) is 3.15. The molecule has 4 aromatic rings. The fourth-order valence-corrected chi connectivity index (χ4v) is 4.48. The Hall–Kier alpha value is -3.87. The Morgan fingerprint density at radius 2 is 1.72 bits per heavy atom. The smallest absolute Gasteiger partial charge is 0.266 e. The number of aromatic amines is 1. The lowest BCUT2D eigenvalue weighted by Crippen LogP contribution is -2.49. The number of aryl methyl sites for hydroxylation is 1. The number of hydrogen-bond acceptors (Lipinski definition) is 4. The van der Waals surface area contributed by atoms with Gasteiger partial charge in [-0.15, -0.1) is 0 Å². The molecule has 32 heavy (non-hydrogen) atoms. The largest absolute Gasteiger partial charge is 0.366 e. The Kier molecular flexibility index (Phi) is 5.23. The summed E-state index contributed by atoms with van der Waals surface area (Å²) in [5.74, 6) is 0.133. The molecule has 0 saturated carbocycles. The van der Waals surface area contributed by atoms with E-state index in [1.807, 2.05) is 60.6 Å². The third-order valence-electron chi connectivity index (χ3n) is 6.13. The van der Waals surface area contributed by atoms with Gasteiger partial charge in [0.1, 0.15) is 5.69 Å². The number of H-pyrrole nitrogens is 1. The van der Waals surface area contributed by atoms with Crippen molar-refractivity contribution in [1.29, 1.82) is 0 Å². The van der Waals surface area contributed by atoms with Gasteiger partial charge in [0.25, 0.3) is 5.56 Å². The highest BCUT2D eigenvalue weighted by Gasteiger charge is 2.24. The van der Waals surface area contributed by atoms with Gasteiger partial charge in [-0.2, -0.15) is 5.10 Å². The first-order valence-corrected chi connectivity index (χ1v) is 10.8. The van der Waals surface area contributed by atoms with Crippen molar-refractivity contribution in [2.24, 2.45) is 7.05 Å². The van der Waals surface area contributed by atoms with Crippen molar-refractivity contribution < 1.29 is 4.79 Å². The molecule has 1 fully saturated rings. The second kappa shape index (κ2) is 8.34. The van der Waals surface area contributed by atoms with Crippen LogP contribution in [0.5, 0.6) is 0 Å². The first-order valence-electron chi connectivity index (χ1n) is 10.8. The number of piperazine rings is 1. The van der Waals surface area contributed by atoms with Gasteiger partial charge in [0.05, 0.1) is 12.1 Å². The van der Waals surface area contributed by atoms with Gasteiger partial charge >= 0.3 is 0 Å². The minimum atomic E-state index is -0.228. The Balaban J connectivity index is 1.31. The molecule has 1 amide bonds. The Morgan fingerprint density at radius 3 is 2.50 bits per heavy atom. The van der Waals surface area contributed by atoms with E-state index in [1.165, 1.54) is 0 Å². The molecule has 3 heterocycles. The van der Waals surface area contributed by atoms with E-state index in [0.29, 0.717) is 32.6 Å². The number of hydrogen-bond donors (Lipinski definition) is 1. The van der Waals surface area contributed by atoms with Crippen molar-refractivity contribution in [1.82, 2.24) is 19.7 Å². The van der Waals surface area contributed by atoms with E-state index in [0.717, 1.165) is 33.4 Å². The second-order valence-corrected chi connectivity index (χ2v) is 8.16. The van der Waals surface area contributed by atoms with Crippen LogP contribution in [0.1, 0.15) is 5.56 Å². The summed E-state index contributed by atoms with van der Waals surface area (Å²) < 4.78 is 2.07. The molecular formula is C25H25N5O2. The van der Waals surface area contributed by atoms with Crippen molar-refractivity contribution in [3.05, 3.63) is 82.8 Å². The minimum absolute atomic E-state index is 0.133. The van der Waals surface area contributed by atoms with Crippen LogP contribution in [0, 0.1) is 0 Å². The molecular weight excluding hydrogens is 402 g/mol. The van der Waals surface area contributed by atoms with E-state index in [-0.39, 0.29) is 11.5 Å². The number of benzene rings is 2. The molecule has 0 atom stereocenters. The maximum absolute atomic E-state index is 13.0. The molecule has 0 spiro atoms. The predicted octanol–water partition coefficient (Wildman–Crippen LogP) is 2.82. The summed E-state index contributed by atoms with van der Waals surface area (Å²) >= 11 is 0. The molecule has 1 saturated heterocycles. The molecule has 7 nitrogen and oxygen atoms in total. The molecule has 1 aliphatic rings. The lowest BCUT2D eigenvalue weighted by Gasteiger charge is -2.36. The van der Waals surface area contributed by atoms with Crippen LogP contribution in [0.2, 0.25) is 0 Å². The highest BCUT2D eigenvalue weighted by molar-refractivity contribution is 5.89. The van der Waals surface area contributed by atoms with E-state index in [4.69, 9.17) is 0 Å². The summed E-state index contributed by atoms with van der Waals surface area (Å²) in [4.78, 5) is 29.1. The lowest BCUT2D eigenvalue weighted by atomic mass is 10.1. The topological polar surface area (TPSA) is 74.2 Å². The molecule has 162 valence electrons. The number of anilines is 1. The van der Waals surface area contributed by atoms with Crippen LogP contribution in [0.15, 0.2) is 71.7 Å². The van der Waals surface area contributed by atoms with Crippen LogP contribution in [0.4, 0.5) is 5.69 Å². The van der Waals surface area contributed by atoms with E-state index in [9.17, 15) is 9.59 Å². The zero-order chi connectivity index (χ0) is 22.1. The number of para-hydroxylation sites is 1. The number of rotatable bonds is 4. The van der Waals surface area contributed by atoms with Gasteiger partial charge in [0.15, 0.2) is 0 Å². The molecule has 7 heteroatoms. The van der Waals surface area contributed by atoms with Gasteiger partial charge in [-0.05, 0) is 11.6 Å². The van der Waals surface area contributed by atoms with Crippen molar-refractivity contribution in [2.45, 2.75) is 6.42 Å². The fourth-order valence-electron chi connectivity index (χ4n) is 4.48. The SMILES string of the molecule is Cn1cc(CC(=O)N2CCN(c3cc(=O)[nH]nc3-c3ccccc3)CC2)c2ccccc21. The van der Waals surface area contributed by atoms with Crippen LogP contribution < -0.4 is 10.5 Å². The predicted molar refractivity (Wildman–Crippen MR) is 126 cm³/mol. The summed E-state index contributed by atoms with van der Waals surface area (Å²) in [5, 5.41) is 7.98. The van der Waals surface area contributed by atoms with E-state index < -0.39 is 0 Å². The van der Waals surface area contributed by atoms with Crippen LogP contribution >= 0.6 is 0 Å². The molecule has 1 aliphatic heterocycles. The third kappa shape index (κ3) is 3.77. The number of carbonyl (C=O) groups is 1. The fraction of sp³-hybridized carbons (Fsp3) is 0.240. The number of aromatic nitrogens is 3. The summed E-state index contributed by atoms with van der Waals surface area (Å²) in [6.45, 7) is 2.55.